The standard InChI is InChI=1S/C10H18F3NO4S/c1-8(2)14(7-9(15)18-3)19(16,17)6-4-5-10(11,12)13/h8H,4-7H2,1-3H3. The molecule has 19 heavy (non-hydrogen) atoms. The first-order chi connectivity index (χ1) is 8.49. The second-order valence-corrected chi connectivity index (χ2v) is 6.29. The van der Waals surface area contributed by atoms with Crippen LogP contribution in [-0.4, -0.2) is 50.3 Å². The molecule has 0 aromatic rings. The molecule has 0 aromatic heterocycles. The lowest BCUT2D eigenvalue weighted by Gasteiger charge is -2.24. The summed E-state index contributed by atoms with van der Waals surface area (Å²) in [4.78, 5) is 11.1. The number of ether oxygens (including phenoxy) is 1. The van der Waals surface area contributed by atoms with E-state index in [0.717, 1.165) is 11.4 Å². The third kappa shape index (κ3) is 7.36. The zero-order valence-corrected chi connectivity index (χ0v) is 11.8. The fourth-order valence-corrected chi connectivity index (χ4v) is 3.05. The SMILES string of the molecule is COC(=O)CN(C(C)C)S(=O)(=O)CCCC(F)(F)F. The average molecular weight is 305 g/mol. The van der Waals surface area contributed by atoms with Crippen molar-refractivity contribution < 1.29 is 31.1 Å². The Morgan fingerprint density at radius 1 is 1.32 bits per heavy atom. The third-order valence-electron chi connectivity index (χ3n) is 2.31. The molecule has 0 rings (SSSR count). The van der Waals surface area contributed by atoms with Crippen LogP contribution in [-0.2, 0) is 19.6 Å². The van der Waals surface area contributed by atoms with Crippen LogP contribution in [0, 0.1) is 0 Å². The Morgan fingerprint density at radius 3 is 2.21 bits per heavy atom. The smallest absolute Gasteiger partial charge is 0.389 e. The van der Waals surface area contributed by atoms with Crippen LogP contribution in [0.25, 0.3) is 0 Å². The molecule has 0 saturated heterocycles. The number of methoxy groups -OCH3 is 1. The number of hydrogen-bond acceptors (Lipinski definition) is 4. The Kier molecular flexibility index (Phi) is 6.78. The van der Waals surface area contributed by atoms with Crippen molar-refractivity contribution in [1.29, 1.82) is 0 Å². The number of esters is 1. The maximum Gasteiger partial charge on any atom is 0.389 e. The van der Waals surface area contributed by atoms with Gasteiger partial charge in [-0.05, 0) is 20.3 Å². The number of alkyl halides is 3. The van der Waals surface area contributed by atoms with Gasteiger partial charge >= 0.3 is 12.1 Å². The Bertz CT molecular complexity index is 392. The van der Waals surface area contributed by atoms with Crippen molar-refractivity contribution in [3.63, 3.8) is 0 Å². The van der Waals surface area contributed by atoms with E-state index >= 15 is 0 Å². The Labute approximate surface area is 110 Å². The van der Waals surface area contributed by atoms with Gasteiger partial charge in [-0.15, -0.1) is 0 Å². The number of sulfonamides is 1. The molecule has 0 N–H and O–H groups in total. The van der Waals surface area contributed by atoms with Crippen LogP contribution in [0.3, 0.4) is 0 Å². The minimum absolute atomic E-state index is 0.498. The molecule has 0 aliphatic heterocycles. The predicted molar refractivity (Wildman–Crippen MR) is 62.9 cm³/mol. The van der Waals surface area contributed by atoms with Crippen molar-refractivity contribution in [2.24, 2.45) is 0 Å². The van der Waals surface area contributed by atoms with Crippen LogP contribution in [0.1, 0.15) is 26.7 Å². The van der Waals surface area contributed by atoms with Crippen LogP contribution >= 0.6 is 0 Å². The van der Waals surface area contributed by atoms with Gasteiger partial charge in [0.25, 0.3) is 0 Å². The summed E-state index contributed by atoms with van der Waals surface area (Å²) >= 11 is 0. The van der Waals surface area contributed by atoms with E-state index in [9.17, 15) is 26.4 Å². The van der Waals surface area contributed by atoms with Gasteiger partial charge in [-0.2, -0.15) is 17.5 Å². The number of carbonyl (C=O) groups is 1. The van der Waals surface area contributed by atoms with Gasteiger partial charge in [0.2, 0.25) is 10.0 Å². The molecule has 0 aliphatic rings. The van der Waals surface area contributed by atoms with Gasteiger partial charge in [-0.25, -0.2) is 8.42 Å². The summed E-state index contributed by atoms with van der Waals surface area (Å²) in [7, 11) is -2.81. The first kappa shape index (κ1) is 18.2. The van der Waals surface area contributed by atoms with Gasteiger partial charge in [-0.3, -0.25) is 4.79 Å². The second-order valence-electron chi connectivity index (χ2n) is 4.25. The molecule has 5 nitrogen and oxygen atoms in total. The minimum Gasteiger partial charge on any atom is -0.468 e. The van der Waals surface area contributed by atoms with Crippen LogP contribution < -0.4 is 0 Å². The number of hydrogen-bond donors (Lipinski definition) is 0. The molecule has 0 amide bonds. The molecule has 0 atom stereocenters. The molecule has 114 valence electrons. The normalized spacial score (nSPS) is 13.1. The quantitative estimate of drug-likeness (QED) is 0.669. The van der Waals surface area contributed by atoms with Crippen molar-refractivity contribution in [3.8, 4) is 0 Å². The molecule has 0 radical (unpaired) electrons. The summed E-state index contributed by atoms with van der Waals surface area (Å²) in [6.45, 7) is 2.57. The number of rotatable bonds is 7. The first-order valence-corrected chi connectivity index (χ1v) is 7.23. The molecule has 0 bridgehead atoms. The Hall–Kier alpha value is -0.830. The van der Waals surface area contributed by atoms with Gasteiger partial charge in [0.1, 0.15) is 6.54 Å². The maximum absolute atomic E-state index is 12.0. The van der Waals surface area contributed by atoms with Gasteiger partial charge in [-0.1, -0.05) is 0 Å². The van der Waals surface area contributed by atoms with Crippen LogP contribution in [0.5, 0.6) is 0 Å². The first-order valence-electron chi connectivity index (χ1n) is 5.62. The van der Waals surface area contributed by atoms with Crippen LogP contribution in [0.2, 0.25) is 0 Å². The lowest BCUT2D eigenvalue weighted by molar-refractivity contribution is -0.141. The fraction of sp³-hybridized carbons (Fsp3) is 0.900. The van der Waals surface area contributed by atoms with Crippen molar-refractivity contribution >= 4 is 16.0 Å². The van der Waals surface area contributed by atoms with E-state index in [1.807, 2.05) is 0 Å². The lowest BCUT2D eigenvalue weighted by atomic mass is 10.3. The zero-order valence-electron chi connectivity index (χ0n) is 11.0. The summed E-state index contributed by atoms with van der Waals surface area (Å²) in [6.07, 6.45) is -6.09. The molecule has 0 aromatic carbocycles. The van der Waals surface area contributed by atoms with Gasteiger partial charge in [0, 0.05) is 12.5 Å². The molecule has 0 fully saturated rings. The highest BCUT2D eigenvalue weighted by Crippen LogP contribution is 2.22. The predicted octanol–water partition coefficient (Wildman–Crippen LogP) is 1.54. The lowest BCUT2D eigenvalue weighted by Crippen LogP contribution is -2.42. The highest BCUT2D eigenvalue weighted by atomic mass is 32.2. The van der Waals surface area contributed by atoms with Crippen molar-refractivity contribution in [3.05, 3.63) is 0 Å². The Morgan fingerprint density at radius 2 is 1.84 bits per heavy atom. The van der Waals surface area contributed by atoms with E-state index < -0.39 is 53.3 Å². The number of carbonyl (C=O) groups excluding carboxylic acids is 1. The summed E-state index contributed by atoms with van der Waals surface area (Å²) in [6, 6.07) is -0.532. The van der Waals surface area contributed by atoms with E-state index in [0.29, 0.717) is 0 Å². The molecule has 0 aliphatic carbocycles. The van der Waals surface area contributed by atoms with Gasteiger partial charge < -0.3 is 4.74 Å². The van der Waals surface area contributed by atoms with Gasteiger partial charge in [0.15, 0.2) is 0 Å². The van der Waals surface area contributed by atoms with E-state index in [-0.39, 0.29) is 0 Å². The molecule has 0 saturated carbocycles. The highest BCUT2D eigenvalue weighted by Gasteiger charge is 2.31. The molecular weight excluding hydrogens is 287 g/mol. The Balaban J connectivity index is 4.67. The van der Waals surface area contributed by atoms with E-state index in [4.69, 9.17) is 0 Å². The second kappa shape index (κ2) is 7.09. The molecule has 0 unspecified atom stereocenters. The maximum atomic E-state index is 12.0. The van der Waals surface area contributed by atoms with E-state index in [2.05, 4.69) is 4.74 Å². The topological polar surface area (TPSA) is 63.7 Å². The molecular formula is C10H18F3NO4S. The molecule has 0 heterocycles. The summed E-state index contributed by atoms with van der Waals surface area (Å²) in [5.41, 5.74) is 0. The monoisotopic (exact) mass is 305 g/mol. The summed E-state index contributed by atoms with van der Waals surface area (Å²) in [5.74, 6) is -1.41. The molecule has 9 heteroatoms. The minimum atomic E-state index is -4.39. The third-order valence-corrected chi connectivity index (χ3v) is 4.38. The van der Waals surface area contributed by atoms with Crippen molar-refractivity contribution in [2.75, 3.05) is 19.4 Å². The summed E-state index contributed by atoms with van der Waals surface area (Å²) < 4.78 is 64.8. The largest absolute Gasteiger partial charge is 0.468 e. The van der Waals surface area contributed by atoms with E-state index in [1.54, 1.807) is 0 Å². The highest BCUT2D eigenvalue weighted by molar-refractivity contribution is 7.89. The van der Waals surface area contributed by atoms with Crippen LogP contribution in [0.15, 0.2) is 0 Å². The summed E-state index contributed by atoms with van der Waals surface area (Å²) in [5, 5.41) is 0. The fourth-order valence-electron chi connectivity index (χ4n) is 1.37. The zero-order chi connectivity index (χ0) is 15.3. The van der Waals surface area contributed by atoms with Crippen molar-refractivity contribution in [2.45, 2.75) is 38.9 Å². The van der Waals surface area contributed by atoms with Crippen LogP contribution in [0.4, 0.5) is 13.2 Å². The number of nitrogens with zero attached hydrogens (tertiary/aromatic N) is 1. The average Bonchev–Trinajstić information content (AvgIpc) is 2.22. The van der Waals surface area contributed by atoms with E-state index in [1.165, 1.54) is 13.8 Å². The molecule has 0 spiro atoms. The number of halogens is 3. The van der Waals surface area contributed by atoms with Crippen molar-refractivity contribution in [1.82, 2.24) is 4.31 Å². The van der Waals surface area contributed by atoms with Gasteiger partial charge in [0.05, 0.1) is 12.9 Å².